The second-order valence-corrected chi connectivity index (χ2v) is 5.49. The summed E-state index contributed by atoms with van der Waals surface area (Å²) in [5.74, 6) is 1.80. The summed E-state index contributed by atoms with van der Waals surface area (Å²) in [5, 5.41) is 9.94. The highest BCUT2D eigenvalue weighted by molar-refractivity contribution is 9.08. The van der Waals surface area contributed by atoms with Gasteiger partial charge in [0.1, 0.15) is 5.82 Å². The smallest absolute Gasteiger partial charge is 0.164 e. The average molecular weight is 329 g/mol. The molecule has 2 aromatic rings. The van der Waals surface area contributed by atoms with Crippen molar-refractivity contribution in [3.05, 3.63) is 34.6 Å². The Balaban J connectivity index is 2.63. The number of halogens is 2. The van der Waals surface area contributed by atoms with Gasteiger partial charge >= 0.3 is 0 Å². The minimum atomic E-state index is 0.306. The summed E-state index contributed by atoms with van der Waals surface area (Å²) in [6.07, 6.45) is 0. The van der Waals surface area contributed by atoms with Gasteiger partial charge in [0.05, 0.1) is 5.33 Å². The molecule has 0 N–H and O–H groups in total. The molecule has 3 nitrogen and oxygen atoms in total. The van der Waals surface area contributed by atoms with Crippen LogP contribution in [0.15, 0.2) is 18.2 Å². The maximum Gasteiger partial charge on any atom is 0.164 e. The van der Waals surface area contributed by atoms with E-state index >= 15 is 0 Å². The van der Waals surface area contributed by atoms with Crippen molar-refractivity contribution in [3.63, 3.8) is 0 Å². The van der Waals surface area contributed by atoms with Crippen molar-refractivity contribution in [2.24, 2.45) is 0 Å². The summed E-state index contributed by atoms with van der Waals surface area (Å²) >= 11 is 9.52. The summed E-state index contributed by atoms with van der Waals surface area (Å²) in [5.41, 5.74) is 2.19. The van der Waals surface area contributed by atoms with Gasteiger partial charge in [-0.3, -0.25) is 0 Å². The molecule has 1 aromatic carbocycles. The van der Waals surface area contributed by atoms with Gasteiger partial charge in [0.15, 0.2) is 5.82 Å². The van der Waals surface area contributed by atoms with Gasteiger partial charge in [0, 0.05) is 16.6 Å². The fourth-order valence-electron chi connectivity index (χ4n) is 1.98. The molecule has 2 rings (SSSR count). The summed E-state index contributed by atoms with van der Waals surface area (Å²) < 4.78 is 2.13. The molecule has 0 atom stereocenters. The fraction of sp³-hybridized carbons (Fsp3) is 0.385. The van der Waals surface area contributed by atoms with Crippen molar-refractivity contribution in [1.82, 2.24) is 14.8 Å². The molecule has 0 aliphatic heterocycles. The molecule has 96 valence electrons. The van der Waals surface area contributed by atoms with E-state index in [1.165, 1.54) is 0 Å². The van der Waals surface area contributed by atoms with Gasteiger partial charge in [-0.05, 0) is 38.5 Å². The van der Waals surface area contributed by atoms with E-state index in [9.17, 15) is 0 Å². The Hall–Kier alpha value is -0.870. The molecular formula is C13H15BrClN3. The van der Waals surface area contributed by atoms with Crippen LogP contribution < -0.4 is 0 Å². The lowest BCUT2D eigenvalue weighted by atomic mass is 10.1. The molecule has 18 heavy (non-hydrogen) atoms. The number of aryl methyl sites for hydroxylation is 1. The van der Waals surface area contributed by atoms with Crippen LogP contribution in [-0.2, 0) is 5.33 Å². The zero-order chi connectivity index (χ0) is 13.3. The van der Waals surface area contributed by atoms with Crippen LogP contribution in [0.1, 0.15) is 31.3 Å². The maximum absolute atomic E-state index is 6.07. The monoisotopic (exact) mass is 327 g/mol. The van der Waals surface area contributed by atoms with Crippen molar-refractivity contribution in [1.29, 1.82) is 0 Å². The van der Waals surface area contributed by atoms with Crippen molar-refractivity contribution in [3.8, 4) is 11.4 Å². The molecule has 1 aromatic heterocycles. The second-order valence-electron chi connectivity index (χ2n) is 4.50. The van der Waals surface area contributed by atoms with Gasteiger partial charge in [-0.1, -0.05) is 33.6 Å². The first kappa shape index (κ1) is 13.6. The Morgan fingerprint density at radius 3 is 2.67 bits per heavy atom. The highest BCUT2D eigenvalue weighted by Gasteiger charge is 2.17. The maximum atomic E-state index is 6.07. The molecule has 0 saturated heterocycles. The average Bonchev–Trinajstić information content (AvgIpc) is 2.75. The van der Waals surface area contributed by atoms with E-state index in [4.69, 9.17) is 11.6 Å². The van der Waals surface area contributed by atoms with Crippen molar-refractivity contribution >= 4 is 27.5 Å². The Morgan fingerprint density at radius 2 is 2.06 bits per heavy atom. The predicted octanol–water partition coefficient (Wildman–Crippen LogP) is 4.38. The molecule has 0 saturated carbocycles. The normalized spacial score (nSPS) is 11.2. The molecule has 0 radical (unpaired) electrons. The van der Waals surface area contributed by atoms with Crippen molar-refractivity contribution in [2.75, 3.05) is 0 Å². The van der Waals surface area contributed by atoms with Crippen LogP contribution in [-0.4, -0.2) is 14.8 Å². The first-order valence-electron chi connectivity index (χ1n) is 5.81. The zero-order valence-corrected chi connectivity index (χ0v) is 13.0. The lowest BCUT2D eigenvalue weighted by Crippen LogP contribution is -2.07. The second kappa shape index (κ2) is 5.41. The fourth-order valence-corrected chi connectivity index (χ4v) is 2.53. The van der Waals surface area contributed by atoms with E-state index in [1.807, 2.05) is 18.2 Å². The Labute approximate surface area is 120 Å². The van der Waals surface area contributed by atoms with Crippen molar-refractivity contribution < 1.29 is 0 Å². The molecule has 1 heterocycles. The largest absolute Gasteiger partial charge is 0.308 e. The number of nitrogens with zero attached hydrogens (tertiary/aromatic N) is 3. The lowest BCUT2D eigenvalue weighted by Gasteiger charge is -2.14. The molecular weight excluding hydrogens is 314 g/mol. The van der Waals surface area contributed by atoms with Crippen LogP contribution in [0.4, 0.5) is 0 Å². The SMILES string of the molecule is Cc1ccc(Cl)cc1-c1nnc(CBr)n1C(C)C. The zero-order valence-electron chi connectivity index (χ0n) is 10.6. The molecule has 5 heteroatoms. The molecule has 0 unspecified atom stereocenters. The molecule has 0 aliphatic rings. The third-order valence-corrected chi connectivity index (χ3v) is 3.58. The molecule has 0 bridgehead atoms. The number of hydrogen-bond donors (Lipinski definition) is 0. The van der Waals surface area contributed by atoms with Gasteiger partial charge in [-0.2, -0.15) is 0 Å². The van der Waals surface area contributed by atoms with Crippen LogP contribution >= 0.6 is 27.5 Å². The van der Waals surface area contributed by atoms with Crippen LogP contribution in [0.5, 0.6) is 0 Å². The number of hydrogen-bond acceptors (Lipinski definition) is 2. The molecule has 0 amide bonds. The van der Waals surface area contributed by atoms with Gasteiger partial charge in [0.2, 0.25) is 0 Å². The van der Waals surface area contributed by atoms with E-state index in [0.717, 1.165) is 22.8 Å². The van der Waals surface area contributed by atoms with Crippen LogP contribution in [0.3, 0.4) is 0 Å². The topological polar surface area (TPSA) is 30.7 Å². The summed E-state index contributed by atoms with van der Waals surface area (Å²) in [4.78, 5) is 0. The van der Waals surface area contributed by atoms with Crippen LogP contribution in [0.2, 0.25) is 5.02 Å². The third-order valence-electron chi connectivity index (χ3n) is 2.84. The van der Waals surface area contributed by atoms with Crippen LogP contribution in [0.25, 0.3) is 11.4 Å². The minimum Gasteiger partial charge on any atom is -0.308 e. The lowest BCUT2D eigenvalue weighted by molar-refractivity contribution is 0.586. The van der Waals surface area contributed by atoms with E-state index in [0.29, 0.717) is 16.4 Å². The van der Waals surface area contributed by atoms with E-state index in [1.54, 1.807) is 0 Å². The summed E-state index contributed by atoms with van der Waals surface area (Å²) in [6, 6.07) is 6.14. The number of rotatable bonds is 3. The first-order chi connectivity index (χ1) is 8.54. The predicted molar refractivity (Wildman–Crippen MR) is 78.2 cm³/mol. The summed E-state index contributed by atoms with van der Waals surface area (Å²) in [7, 11) is 0. The van der Waals surface area contributed by atoms with Gasteiger partial charge in [-0.15, -0.1) is 10.2 Å². The first-order valence-corrected chi connectivity index (χ1v) is 7.30. The van der Waals surface area contributed by atoms with E-state index < -0.39 is 0 Å². The van der Waals surface area contributed by atoms with Crippen LogP contribution in [0, 0.1) is 6.92 Å². The highest BCUT2D eigenvalue weighted by Crippen LogP contribution is 2.28. The van der Waals surface area contributed by atoms with Gasteiger partial charge in [0.25, 0.3) is 0 Å². The quantitative estimate of drug-likeness (QED) is 0.783. The number of alkyl halides is 1. The van der Waals surface area contributed by atoms with E-state index in [2.05, 4.69) is 51.5 Å². The van der Waals surface area contributed by atoms with Gasteiger partial charge in [-0.25, -0.2) is 0 Å². The molecule has 0 aliphatic carbocycles. The third kappa shape index (κ3) is 2.45. The molecule has 0 fully saturated rings. The minimum absolute atomic E-state index is 0.306. The number of aromatic nitrogens is 3. The Bertz CT molecular complexity index is 563. The van der Waals surface area contributed by atoms with Gasteiger partial charge < -0.3 is 4.57 Å². The standard InChI is InChI=1S/C13H15BrClN3/c1-8(2)18-12(7-14)16-17-13(18)11-6-10(15)5-4-9(11)3/h4-6,8H,7H2,1-3H3. The van der Waals surface area contributed by atoms with E-state index in [-0.39, 0.29) is 0 Å². The Morgan fingerprint density at radius 1 is 1.33 bits per heavy atom. The summed E-state index contributed by atoms with van der Waals surface area (Å²) in [6.45, 7) is 6.30. The van der Waals surface area contributed by atoms with Crippen molar-refractivity contribution in [2.45, 2.75) is 32.1 Å². The molecule has 0 spiro atoms. The number of benzene rings is 1. The highest BCUT2D eigenvalue weighted by atomic mass is 79.9. The Kier molecular flexibility index (Phi) is 4.07.